The Labute approximate surface area is 159 Å². The van der Waals surface area contributed by atoms with Crippen LogP contribution in [0.5, 0.6) is 0 Å². The van der Waals surface area contributed by atoms with Crippen molar-refractivity contribution in [2.24, 2.45) is 12.8 Å². The molecular weight excluding hydrogens is 377 g/mol. The van der Waals surface area contributed by atoms with Gasteiger partial charge in [-0.2, -0.15) is 5.10 Å². The SMILES string of the molecule is C[C@H](N)C1(O)CN(C(=O)c2nn(C)c(=O)cc2Nc2ccc(F)cc2Cl)C1. The zero-order chi connectivity index (χ0) is 19.9. The minimum absolute atomic E-state index is 0.0239. The van der Waals surface area contributed by atoms with E-state index >= 15 is 0 Å². The van der Waals surface area contributed by atoms with Crippen LogP contribution < -0.4 is 16.6 Å². The van der Waals surface area contributed by atoms with Gasteiger partial charge in [0.1, 0.15) is 11.4 Å². The number of likely N-dealkylation sites (tertiary alicyclic amines) is 1. The first kappa shape index (κ1) is 19.3. The van der Waals surface area contributed by atoms with Gasteiger partial charge in [-0.25, -0.2) is 9.07 Å². The first-order valence-electron chi connectivity index (χ1n) is 8.18. The van der Waals surface area contributed by atoms with Gasteiger partial charge in [-0.15, -0.1) is 0 Å². The normalized spacial score (nSPS) is 16.6. The molecule has 0 radical (unpaired) electrons. The Morgan fingerprint density at radius 2 is 2.07 bits per heavy atom. The van der Waals surface area contributed by atoms with Crippen molar-refractivity contribution in [2.75, 3.05) is 18.4 Å². The Balaban J connectivity index is 1.92. The van der Waals surface area contributed by atoms with E-state index in [1.165, 1.54) is 30.1 Å². The number of nitrogens with zero attached hydrogens (tertiary/aromatic N) is 3. The van der Waals surface area contributed by atoms with E-state index in [-0.39, 0.29) is 29.5 Å². The van der Waals surface area contributed by atoms with Crippen molar-refractivity contribution < 1.29 is 14.3 Å². The molecule has 1 aromatic carbocycles. The minimum atomic E-state index is -1.15. The van der Waals surface area contributed by atoms with Crippen LogP contribution in [0.25, 0.3) is 0 Å². The molecular formula is C17H19ClFN5O3. The van der Waals surface area contributed by atoms with E-state index in [0.29, 0.717) is 5.69 Å². The quantitative estimate of drug-likeness (QED) is 0.707. The third-order valence-electron chi connectivity index (χ3n) is 4.56. The Bertz CT molecular complexity index is 956. The Hall–Kier alpha value is -2.49. The van der Waals surface area contributed by atoms with Crippen molar-refractivity contribution in [1.29, 1.82) is 0 Å². The van der Waals surface area contributed by atoms with Gasteiger partial charge in [0.25, 0.3) is 11.5 Å². The zero-order valence-electron chi connectivity index (χ0n) is 14.7. The molecule has 0 unspecified atom stereocenters. The molecule has 1 atom stereocenters. The Kier molecular flexibility index (Phi) is 4.94. The maximum Gasteiger partial charge on any atom is 0.276 e. The van der Waals surface area contributed by atoms with Crippen LogP contribution in [0.4, 0.5) is 15.8 Å². The Morgan fingerprint density at radius 3 is 2.67 bits per heavy atom. The van der Waals surface area contributed by atoms with E-state index in [1.54, 1.807) is 6.92 Å². The highest BCUT2D eigenvalue weighted by molar-refractivity contribution is 6.33. The third kappa shape index (κ3) is 3.66. The number of aromatic nitrogens is 2. The van der Waals surface area contributed by atoms with E-state index in [9.17, 15) is 19.1 Å². The van der Waals surface area contributed by atoms with Gasteiger partial charge >= 0.3 is 0 Å². The summed E-state index contributed by atoms with van der Waals surface area (Å²) in [6, 6.07) is 4.41. The molecule has 0 spiro atoms. The predicted molar refractivity (Wildman–Crippen MR) is 98.7 cm³/mol. The van der Waals surface area contributed by atoms with Crippen molar-refractivity contribution in [2.45, 2.75) is 18.6 Å². The molecule has 1 aliphatic heterocycles. The van der Waals surface area contributed by atoms with Gasteiger partial charge in [0.2, 0.25) is 0 Å². The molecule has 1 amide bonds. The fourth-order valence-corrected chi connectivity index (χ4v) is 2.94. The maximum absolute atomic E-state index is 13.2. The molecule has 0 aliphatic carbocycles. The molecule has 0 bridgehead atoms. The fraction of sp³-hybridized carbons (Fsp3) is 0.353. The lowest BCUT2D eigenvalue weighted by atomic mass is 9.87. The van der Waals surface area contributed by atoms with Crippen LogP contribution in [0, 0.1) is 5.82 Å². The van der Waals surface area contributed by atoms with E-state index in [4.69, 9.17) is 17.3 Å². The number of hydrogen-bond donors (Lipinski definition) is 3. The van der Waals surface area contributed by atoms with Crippen LogP contribution in [0.2, 0.25) is 5.02 Å². The molecule has 1 fully saturated rings. The summed E-state index contributed by atoms with van der Waals surface area (Å²) in [5.74, 6) is -0.989. The number of benzene rings is 1. The number of hydrogen-bond acceptors (Lipinski definition) is 6. The summed E-state index contributed by atoms with van der Waals surface area (Å²) in [5, 5.41) is 17.2. The minimum Gasteiger partial charge on any atom is -0.385 e. The zero-order valence-corrected chi connectivity index (χ0v) is 15.5. The highest BCUT2D eigenvalue weighted by Gasteiger charge is 2.47. The summed E-state index contributed by atoms with van der Waals surface area (Å²) in [6.45, 7) is 1.78. The second kappa shape index (κ2) is 6.91. The van der Waals surface area contributed by atoms with Crippen molar-refractivity contribution in [1.82, 2.24) is 14.7 Å². The smallest absolute Gasteiger partial charge is 0.276 e. The van der Waals surface area contributed by atoms with E-state index in [2.05, 4.69) is 10.4 Å². The average Bonchev–Trinajstić information content (AvgIpc) is 2.56. The largest absolute Gasteiger partial charge is 0.385 e. The summed E-state index contributed by atoms with van der Waals surface area (Å²) in [6.07, 6.45) is 0. The molecule has 10 heteroatoms. The number of nitrogens with two attached hydrogens (primary N) is 1. The van der Waals surface area contributed by atoms with E-state index in [1.807, 2.05) is 0 Å². The summed E-state index contributed by atoms with van der Waals surface area (Å²) in [7, 11) is 1.42. The van der Waals surface area contributed by atoms with Gasteiger partial charge in [0.05, 0.1) is 29.5 Å². The van der Waals surface area contributed by atoms with Gasteiger partial charge < -0.3 is 21.1 Å². The topological polar surface area (TPSA) is 113 Å². The van der Waals surface area contributed by atoms with Crippen molar-refractivity contribution in [3.63, 3.8) is 0 Å². The third-order valence-corrected chi connectivity index (χ3v) is 4.87. The van der Waals surface area contributed by atoms with Crippen LogP contribution in [0.15, 0.2) is 29.1 Å². The number of amides is 1. The van der Waals surface area contributed by atoms with Crippen LogP contribution in [0.3, 0.4) is 0 Å². The van der Waals surface area contributed by atoms with Gasteiger partial charge in [-0.05, 0) is 25.1 Å². The van der Waals surface area contributed by atoms with Crippen molar-refractivity contribution in [3.8, 4) is 0 Å². The lowest BCUT2D eigenvalue weighted by Gasteiger charge is -2.48. The first-order chi connectivity index (χ1) is 12.6. The Morgan fingerprint density at radius 1 is 1.41 bits per heavy atom. The van der Waals surface area contributed by atoms with Gasteiger partial charge in [0.15, 0.2) is 5.69 Å². The fourth-order valence-electron chi connectivity index (χ4n) is 2.72. The summed E-state index contributed by atoms with van der Waals surface area (Å²) in [5.41, 5.74) is 4.57. The molecule has 0 saturated carbocycles. The molecule has 144 valence electrons. The number of rotatable bonds is 4. The van der Waals surface area contributed by atoms with Crippen LogP contribution in [0.1, 0.15) is 17.4 Å². The molecule has 2 heterocycles. The molecule has 1 aliphatic rings. The van der Waals surface area contributed by atoms with Crippen LogP contribution >= 0.6 is 11.6 Å². The van der Waals surface area contributed by atoms with E-state index < -0.39 is 28.9 Å². The molecule has 4 N–H and O–H groups in total. The summed E-state index contributed by atoms with van der Waals surface area (Å²) < 4.78 is 14.3. The molecule has 1 saturated heterocycles. The van der Waals surface area contributed by atoms with Crippen molar-refractivity contribution >= 4 is 28.9 Å². The highest BCUT2D eigenvalue weighted by Crippen LogP contribution is 2.29. The molecule has 1 aromatic heterocycles. The van der Waals surface area contributed by atoms with Gasteiger partial charge in [-0.1, -0.05) is 11.6 Å². The average molecular weight is 396 g/mol. The molecule has 3 rings (SSSR count). The lowest BCUT2D eigenvalue weighted by molar-refractivity contribution is -0.0933. The summed E-state index contributed by atoms with van der Waals surface area (Å²) >= 11 is 6.01. The van der Waals surface area contributed by atoms with Crippen molar-refractivity contribution in [3.05, 3.63) is 51.2 Å². The molecule has 8 nitrogen and oxygen atoms in total. The van der Waals surface area contributed by atoms with Gasteiger partial charge in [0, 0.05) is 19.2 Å². The maximum atomic E-state index is 13.2. The number of aryl methyl sites for hydroxylation is 1. The lowest BCUT2D eigenvalue weighted by Crippen LogP contribution is -2.70. The number of aliphatic hydroxyl groups is 1. The number of anilines is 2. The number of carbonyl (C=O) groups is 1. The standard InChI is InChI=1S/C17H19ClFN5O3/c1-9(20)17(27)7-24(8-17)16(26)15-13(6-14(25)23(2)22-15)21-12-4-3-10(19)5-11(12)18/h3-6,9,21,27H,7-8,20H2,1-2H3/t9-/m0/s1. The van der Waals surface area contributed by atoms with Gasteiger partial charge in [-0.3, -0.25) is 9.59 Å². The number of halogens is 2. The summed E-state index contributed by atoms with van der Waals surface area (Å²) in [4.78, 5) is 26.2. The number of β-amino-alcohol motifs (C(OH)–C–C–N with tert-alkyl or cyclic N) is 1. The van der Waals surface area contributed by atoms with Crippen LogP contribution in [-0.4, -0.2) is 50.4 Å². The molecule has 27 heavy (non-hydrogen) atoms. The number of carbonyl (C=O) groups excluding carboxylic acids is 1. The highest BCUT2D eigenvalue weighted by atomic mass is 35.5. The monoisotopic (exact) mass is 395 g/mol. The second-order valence-corrected chi connectivity index (χ2v) is 7.08. The second-order valence-electron chi connectivity index (χ2n) is 6.67. The first-order valence-corrected chi connectivity index (χ1v) is 8.56. The predicted octanol–water partition coefficient (Wildman–Crippen LogP) is 0.851. The van der Waals surface area contributed by atoms with Crippen LogP contribution in [-0.2, 0) is 7.05 Å². The van der Waals surface area contributed by atoms with E-state index in [0.717, 1.165) is 10.7 Å². The number of nitrogens with one attached hydrogen (secondary N) is 1. The molecule has 2 aromatic rings.